The van der Waals surface area contributed by atoms with Crippen molar-refractivity contribution in [3.05, 3.63) is 65.0 Å². The molecule has 3 amide bonds. The number of imidazole rings is 1. The first-order valence-corrected chi connectivity index (χ1v) is 13.9. The molecule has 1 aliphatic carbocycles. The van der Waals surface area contributed by atoms with E-state index in [0.29, 0.717) is 18.2 Å². The maximum atomic E-state index is 12.3. The third-order valence-electron chi connectivity index (χ3n) is 8.51. The van der Waals surface area contributed by atoms with Crippen LogP contribution in [-0.4, -0.2) is 37.9 Å². The van der Waals surface area contributed by atoms with E-state index in [1.54, 1.807) is 11.1 Å². The number of imide groups is 1. The number of hydrogen-bond donors (Lipinski definition) is 1. The van der Waals surface area contributed by atoms with Crippen LogP contribution in [0.2, 0.25) is 0 Å². The Bertz CT molecular complexity index is 1340. The molecule has 4 heterocycles. The van der Waals surface area contributed by atoms with Crippen LogP contribution in [0.15, 0.2) is 42.6 Å². The molecular weight excluding hydrogens is 476 g/mol. The fourth-order valence-electron chi connectivity index (χ4n) is 6.26. The van der Waals surface area contributed by atoms with Crippen molar-refractivity contribution in [3.8, 4) is 11.5 Å². The molecule has 1 aromatic carbocycles. The zero-order chi connectivity index (χ0) is 26.2. The summed E-state index contributed by atoms with van der Waals surface area (Å²) in [4.78, 5) is 37.5. The topological polar surface area (TPSA) is 83.4 Å². The second kappa shape index (κ2) is 10.3. The number of nitrogens with one attached hydrogen (secondary N) is 1. The minimum atomic E-state index is -0.413. The number of urea groups is 1. The molecule has 0 bridgehead atoms. The summed E-state index contributed by atoms with van der Waals surface area (Å²) in [5, 5.41) is 2.38. The Morgan fingerprint density at radius 1 is 1.00 bits per heavy atom. The Labute approximate surface area is 224 Å². The standard InChI is InChI=1S/C30H36N6O2/c1-20-28-24(19-35(20)18-23-10-8-22(9-11-23)16-21-6-4-3-5-7-21)12-13-25(32-28)29-31-17-27(34(29)2)36-15-14-26(37)33-30(36)38/h8-13,17,20-21H,3-7,14-16,18-19H2,1-2H3,(H,33,37,38)/t20-/m1/s1. The molecule has 6 rings (SSSR count). The summed E-state index contributed by atoms with van der Waals surface area (Å²) in [6.45, 7) is 4.33. The Kier molecular flexibility index (Phi) is 6.74. The van der Waals surface area contributed by atoms with Crippen molar-refractivity contribution in [2.45, 2.75) is 71.0 Å². The van der Waals surface area contributed by atoms with Crippen LogP contribution in [0.25, 0.3) is 11.5 Å². The minimum Gasteiger partial charge on any atom is -0.312 e. The van der Waals surface area contributed by atoms with Crippen LogP contribution in [0, 0.1) is 5.92 Å². The van der Waals surface area contributed by atoms with Crippen molar-refractivity contribution in [1.82, 2.24) is 24.8 Å². The smallest absolute Gasteiger partial charge is 0.312 e. The van der Waals surface area contributed by atoms with Gasteiger partial charge in [0, 0.05) is 33.1 Å². The Balaban J connectivity index is 1.14. The van der Waals surface area contributed by atoms with Crippen molar-refractivity contribution in [2.24, 2.45) is 13.0 Å². The van der Waals surface area contributed by atoms with E-state index in [1.165, 1.54) is 55.2 Å². The molecule has 1 atom stereocenters. The van der Waals surface area contributed by atoms with Crippen LogP contribution in [0.5, 0.6) is 0 Å². The summed E-state index contributed by atoms with van der Waals surface area (Å²) in [6.07, 6.45) is 10.1. The van der Waals surface area contributed by atoms with Gasteiger partial charge in [-0.2, -0.15) is 0 Å². The summed E-state index contributed by atoms with van der Waals surface area (Å²) in [5.41, 5.74) is 5.92. The second-order valence-electron chi connectivity index (χ2n) is 11.1. The van der Waals surface area contributed by atoms with Gasteiger partial charge >= 0.3 is 6.03 Å². The number of nitrogens with zero attached hydrogens (tertiary/aromatic N) is 5. The van der Waals surface area contributed by atoms with Crippen LogP contribution in [0.3, 0.4) is 0 Å². The zero-order valence-electron chi connectivity index (χ0n) is 22.3. The van der Waals surface area contributed by atoms with Crippen molar-refractivity contribution in [2.75, 3.05) is 11.4 Å². The van der Waals surface area contributed by atoms with Gasteiger partial charge in [-0.1, -0.05) is 62.4 Å². The van der Waals surface area contributed by atoms with E-state index in [4.69, 9.17) is 4.98 Å². The highest BCUT2D eigenvalue weighted by Crippen LogP contribution is 2.35. The first-order valence-electron chi connectivity index (χ1n) is 13.9. The summed E-state index contributed by atoms with van der Waals surface area (Å²) in [7, 11) is 1.88. The maximum Gasteiger partial charge on any atom is 0.329 e. The number of aromatic nitrogens is 3. The number of amides is 3. The third kappa shape index (κ3) is 4.85. The predicted octanol–water partition coefficient (Wildman–Crippen LogP) is 5.13. The summed E-state index contributed by atoms with van der Waals surface area (Å²) in [5.74, 6) is 1.96. The van der Waals surface area contributed by atoms with Crippen molar-refractivity contribution in [1.29, 1.82) is 0 Å². The summed E-state index contributed by atoms with van der Waals surface area (Å²) >= 11 is 0. The van der Waals surface area contributed by atoms with E-state index in [-0.39, 0.29) is 18.4 Å². The molecule has 2 aliphatic heterocycles. The zero-order valence-corrected chi connectivity index (χ0v) is 22.3. The number of rotatable bonds is 6. The van der Waals surface area contributed by atoms with Gasteiger partial charge in [0.1, 0.15) is 11.5 Å². The van der Waals surface area contributed by atoms with Crippen molar-refractivity contribution in [3.63, 3.8) is 0 Å². The highest BCUT2D eigenvalue weighted by Gasteiger charge is 2.30. The molecule has 1 saturated heterocycles. The van der Waals surface area contributed by atoms with E-state index in [9.17, 15) is 9.59 Å². The first-order chi connectivity index (χ1) is 18.5. The van der Waals surface area contributed by atoms with Gasteiger partial charge in [0.2, 0.25) is 5.91 Å². The highest BCUT2D eigenvalue weighted by atomic mass is 16.2. The number of benzene rings is 1. The molecule has 8 heteroatoms. The normalized spacial score (nSPS) is 20.6. The van der Waals surface area contributed by atoms with Crippen molar-refractivity contribution < 1.29 is 9.59 Å². The van der Waals surface area contributed by atoms with Crippen LogP contribution < -0.4 is 10.2 Å². The van der Waals surface area contributed by atoms with Crippen molar-refractivity contribution >= 4 is 17.8 Å². The lowest BCUT2D eigenvalue weighted by Crippen LogP contribution is -2.50. The minimum absolute atomic E-state index is 0.200. The van der Waals surface area contributed by atoms with Gasteiger partial charge in [-0.3, -0.25) is 19.9 Å². The van der Waals surface area contributed by atoms with E-state index in [1.807, 2.05) is 17.7 Å². The lowest BCUT2D eigenvalue weighted by atomic mass is 9.85. The fourth-order valence-corrected chi connectivity index (χ4v) is 6.26. The van der Waals surface area contributed by atoms with Gasteiger partial charge in [0.15, 0.2) is 5.82 Å². The van der Waals surface area contributed by atoms with E-state index in [0.717, 1.165) is 30.4 Å². The molecule has 0 unspecified atom stereocenters. The van der Waals surface area contributed by atoms with Crippen LogP contribution in [-0.2, 0) is 31.4 Å². The van der Waals surface area contributed by atoms with Gasteiger partial charge in [-0.05, 0) is 42.0 Å². The van der Waals surface area contributed by atoms with Gasteiger partial charge in [-0.25, -0.2) is 14.8 Å². The average molecular weight is 513 g/mol. The van der Waals surface area contributed by atoms with Crippen LogP contribution in [0.1, 0.15) is 73.9 Å². The highest BCUT2D eigenvalue weighted by molar-refractivity contribution is 6.05. The second-order valence-corrected chi connectivity index (χ2v) is 11.1. The Morgan fingerprint density at radius 2 is 1.76 bits per heavy atom. The molecule has 0 radical (unpaired) electrons. The molecule has 198 valence electrons. The lowest BCUT2D eigenvalue weighted by molar-refractivity contribution is -0.120. The quantitative estimate of drug-likeness (QED) is 0.495. The number of pyridine rings is 1. The van der Waals surface area contributed by atoms with Gasteiger partial charge in [0.25, 0.3) is 0 Å². The number of fused-ring (bicyclic) bond motifs is 1. The third-order valence-corrected chi connectivity index (χ3v) is 8.51. The SMILES string of the molecule is C[C@@H]1c2nc(-c3ncc(N4CCC(=O)NC4=O)n3C)ccc2CN1Cc1ccc(CC2CCCCC2)cc1. The average Bonchev–Trinajstić information content (AvgIpc) is 3.45. The summed E-state index contributed by atoms with van der Waals surface area (Å²) in [6, 6.07) is 13.2. The Hall–Kier alpha value is -3.52. The molecule has 3 aromatic rings. The monoisotopic (exact) mass is 512 g/mol. The number of carbonyl (C=O) groups is 2. The molecule has 3 aliphatic rings. The Morgan fingerprint density at radius 3 is 2.53 bits per heavy atom. The number of anilines is 1. The number of carbonyl (C=O) groups excluding carboxylic acids is 2. The van der Waals surface area contributed by atoms with Crippen LogP contribution >= 0.6 is 0 Å². The van der Waals surface area contributed by atoms with Gasteiger partial charge in [-0.15, -0.1) is 0 Å². The molecule has 0 spiro atoms. The molecule has 2 aromatic heterocycles. The van der Waals surface area contributed by atoms with E-state index < -0.39 is 6.03 Å². The molecule has 1 saturated carbocycles. The maximum absolute atomic E-state index is 12.3. The predicted molar refractivity (Wildman–Crippen MR) is 146 cm³/mol. The van der Waals surface area contributed by atoms with E-state index in [2.05, 4.69) is 52.5 Å². The largest absolute Gasteiger partial charge is 0.329 e. The van der Waals surface area contributed by atoms with Gasteiger partial charge < -0.3 is 4.57 Å². The van der Waals surface area contributed by atoms with Gasteiger partial charge in [0.05, 0.1) is 17.9 Å². The fraction of sp³-hybridized carbons (Fsp3) is 0.467. The first kappa shape index (κ1) is 24.8. The number of hydrogen-bond acceptors (Lipinski definition) is 5. The summed E-state index contributed by atoms with van der Waals surface area (Å²) < 4.78 is 1.87. The lowest BCUT2D eigenvalue weighted by Gasteiger charge is -2.26. The molecule has 38 heavy (non-hydrogen) atoms. The van der Waals surface area contributed by atoms with Crippen LogP contribution in [0.4, 0.5) is 10.6 Å². The molecule has 8 nitrogen and oxygen atoms in total. The molecule has 1 N–H and O–H groups in total. The van der Waals surface area contributed by atoms with E-state index >= 15 is 0 Å². The molecule has 2 fully saturated rings. The molecular formula is C30H36N6O2.